The molecule has 8 nitrogen and oxygen atoms in total. The van der Waals surface area contributed by atoms with E-state index in [0.29, 0.717) is 24.2 Å². The second-order valence-electron chi connectivity index (χ2n) is 5.81. The molecule has 0 radical (unpaired) electrons. The Bertz CT molecular complexity index is 540. The maximum absolute atomic E-state index is 5.94. The van der Waals surface area contributed by atoms with Crippen molar-refractivity contribution in [2.24, 2.45) is 0 Å². The molecule has 0 spiro atoms. The van der Waals surface area contributed by atoms with Gasteiger partial charge in [-0.1, -0.05) is 0 Å². The van der Waals surface area contributed by atoms with Crippen LogP contribution < -0.4 is 26.0 Å². The number of hydrogen-bond donors (Lipinski definition) is 3. The number of hydrogen-bond acceptors (Lipinski definition) is 8. The standard InChI is InChI=1S/C14H24N6O2/c1-8(21-3)10-7-22-11-12(17-10)18-14(15)19-13(11)20-5-4-9(6-20)16-2/h8-10,16H,4-7H2,1-3H3,(H3,15,17,18,19)/t8-,9+,10?/m0/s1. The van der Waals surface area contributed by atoms with Gasteiger partial charge in [0.05, 0.1) is 12.1 Å². The first-order chi connectivity index (χ1) is 10.6. The second kappa shape index (κ2) is 6.13. The molecule has 1 aromatic heterocycles. The lowest BCUT2D eigenvalue weighted by Gasteiger charge is -2.32. The molecule has 8 heteroatoms. The zero-order valence-electron chi connectivity index (χ0n) is 13.3. The Balaban J connectivity index is 1.86. The highest BCUT2D eigenvalue weighted by Gasteiger charge is 2.32. The molecule has 0 aromatic carbocycles. The number of rotatable bonds is 4. The van der Waals surface area contributed by atoms with Gasteiger partial charge in [0, 0.05) is 26.2 Å². The van der Waals surface area contributed by atoms with Crippen LogP contribution in [0.3, 0.4) is 0 Å². The Kier molecular flexibility index (Phi) is 4.21. The highest BCUT2D eigenvalue weighted by atomic mass is 16.5. The predicted molar refractivity (Wildman–Crippen MR) is 85.5 cm³/mol. The van der Waals surface area contributed by atoms with Gasteiger partial charge in [-0.05, 0) is 20.4 Å². The van der Waals surface area contributed by atoms with Gasteiger partial charge >= 0.3 is 0 Å². The van der Waals surface area contributed by atoms with Crippen molar-refractivity contribution < 1.29 is 9.47 Å². The molecule has 0 bridgehead atoms. The maximum Gasteiger partial charge on any atom is 0.224 e. The summed E-state index contributed by atoms with van der Waals surface area (Å²) in [5, 5.41) is 6.65. The first-order valence-electron chi connectivity index (χ1n) is 7.64. The van der Waals surface area contributed by atoms with Crippen LogP contribution in [0.5, 0.6) is 5.75 Å². The van der Waals surface area contributed by atoms with E-state index >= 15 is 0 Å². The van der Waals surface area contributed by atoms with Crippen molar-refractivity contribution in [2.75, 3.05) is 49.8 Å². The first kappa shape index (κ1) is 15.1. The summed E-state index contributed by atoms with van der Waals surface area (Å²) < 4.78 is 11.3. The third-order valence-corrected chi connectivity index (χ3v) is 4.43. The fourth-order valence-electron chi connectivity index (χ4n) is 2.90. The molecule has 122 valence electrons. The molecule has 0 aliphatic carbocycles. The van der Waals surface area contributed by atoms with Gasteiger partial charge < -0.3 is 30.7 Å². The molecule has 22 heavy (non-hydrogen) atoms. The number of nitrogens with two attached hydrogens (primary N) is 1. The van der Waals surface area contributed by atoms with Gasteiger partial charge in [0.15, 0.2) is 11.6 Å². The summed E-state index contributed by atoms with van der Waals surface area (Å²) >= 11 is 0. The van der Waals surface area contributed by atoms with Gasteiger partial charge in [-0.3, -0.25) is 0 Å². The van der Waals surface area contributed by atoms with Crippen LogP contribution >= 0.6 is 0 Å². The Morgan fingerprint density at radius 3 is 3.00 bits per heavy atom. The van der Waals surface area contributed by atoms with Crippen molar-refractivity contribution in [2.45, 2.75) is 31.5 Å². The predicted octanol–water partition coefficient (Wildman–Crippen LogP) is 0.0647. The summed E-state index contributed by atoms with van der Waals surface area (Å²) in [6.45, 7) is 4.33. The SMILES string of the molecule is CN[C@@H]1CCN(c2nc(N)nc3c2OCC([C@H](C)OC)N3)C1. The summed E-state index contributed by atoms with van der Waals surface area (Å²) in [6.07, 6.45) is 1.10. The molecule has 3 atom stereocenters. The minimum absolute atomic E-state index is 0.0215. The Hall–Kier alpha value is -1.80. The Labute approximate surface area is 130 Å². The van der Waals surface area contributed by atoms with Crippen LogP contribution in [-0.2, 0) is 4.74 Å². The largest absolute Gasteiger partial charge is 0.484 e. The van der Waals surface area contributed by atoms with E-state index in [4.69, 9.17) is 15.2 Å². The van der Waals surface area contributed by atoms with Crippen molar-refractivity contribution in [1.29, 1.82) is 0 Å². The molecule has 1 unspecified atom stereocenters. The highest BCUT2D eigenvalue weighted by Crippen LogP contribution is 2.38. The summed E-state index contributed by atoms with van der Waals surface area (Å²) in [5.74, 6) is 2.36. The molecular formula is C14H24N6O2. The fraction of sp³-hybridized carbons (Fsp3) is 0.714. The van der Waals surface area contributed by atoms with Gasteiger partial charge in [0.1, 0.15) is 6.61 Å². The number of nitrogens with one attached hydrogen (secondary N) is 2. The minimum atomic E-state index is 0.0215. The average Bonchev–Trinajstić information content (AvgIpc) is 3.01. The lowest BCUT2D eigenvalue weighted by molar-refractivity contribution is 0.0804. The Morgan fingerprint density at radius 1 is 1.50 bits per heavy atom. The minimum Gasteiger partial charge on any atom is -0.484 e. The van der Waals surface area contributed by atoms with Gasteiger partial charge in [-0.25, -0.2) is 0 Å². The van der Waals surface area contributed by atoms with E-state index in [1.54, 1.807) is 7.11 Å². The number of ether oxygens (including phenoxy) is 2. The van der Waals surface area contributed by atoms with Crippen molar-refractivity contribution in [3.05, 3.63) is 0 Å². The molecule has 3 rings (SSSR count). The second-order valence-corrected chi connectivity index (χ2v) is 5.81. The molecular weight excluding hydrogens is 284 g/mol. The number of anilines is 3. The van der Waals surface area contributed by atoms with E-state index in [0.717, 1.165) is 25.3 Å². The zero-order chi connectivity index (χ0) is 15.7. The number of likely N-dealkylation sites (N-methyl/N-ethyl adjacent to an activating group) is 1. The van der Waals surface area contributed by atoms with E-state index in [1.807, 2.05) is 14.0 Å². The van der Waals surface area contributed by atoms with Crippen molar-refractivity contribution >= 4 is 17.6 Å². The lowest BCUT2D eigenvalue weighted by atomic mass is 10.1. The third-order valence-electron chi connectivity index (χ3n) is 4.43. The summed E-state index contributed by atoms with van der Waals surface area (Å²) in [5.41, 5.74) is 5.88. The molecule has 1 saturated heterocycles. The van der Waals surface area contributed by atoms with Crippen LogP contribution in [0.2, 0.25) is 0 Å². The van der Waals surface area contributed by atoms with Crippen molar-refractivity contribution in [3.8, 4) is 5.75 Å². The van der Waals surface area contributed by atoms with Crippen LogP contribution in [-0.4, -0.2) is 62.0 Å². The fourth-order valence-corrected chi connectivity index (χ4v) is 2.90. The van der Waals surface area contributed by atoms with E-state index in [9.17, 15) is 0 Å². The average molecular weight is 308 g/mol. The first-order valence-corrected chi connectivity index (χ1v) is 7.64. The van der Waals surface area contributed by atoms with Gasteiger partial charge in [0.2, 0.25) is 11.7 Å². The number of fused-ring (bicyclic) bond motifs is 1. The lowest BCUT2D eigenvalue weighted by Crippen LogP contribution is -2.42. The topological polar surface area (TPSA) is 97.6 Å². The van der Waals surface area contributed by atoms with Crippen LogP contribution in [0.25, 0.3) is 0 Å². The van der Waals surface area contributed by atoms with Crippen molar-refractivity contribution in [1.82, 2.24) is 15.3 Å². The van der Waals surface area contributed by atoms with Crippen LogP contribution in [0.1, 0.15) is 13.3 Å². The molecule has 2 aliphatic rings. The zero-order valence-corrected chi connectivity index (χ0v) is 13.3. The summed E-state index contributed by atoms with van der Waals surface area (Å²) in [6, 6.07) is 0.507. The molecule has 3 heterocycles. The number of aromatic nitrogens is 2. The third kappa shape index (κ3) is 2.76. The van der Waals surface area contributed by atoms with Gasteiger partial charge in [-0.15, -0.1) is 0 Å². The molecule has 0 amide bonds. The summed E-state index contributed by atoms with van der Waals surface area (Å²) in [4.78, 5) is 10.9. The Morgan fingerprint density at radius 2 is 2.32 bits per heavy atom. The van der Waals surface area contributed by atoms with Gasteiger partial charge in [-0.2, -0.15) is 9.97 Å². The molecule has 1 aromatic rings. The van der Waals surface area contributed by atoms with Crippen LogP contribution in [0.4, 0.5) is 17.6 Å². The van der Waals surface area contributed by atoms with Crippen molar-refractivity contribution in [3.63, 3.8) is 0 Å². The number of nitrogens with zero attached hydrogens (tertiary/aromatic N) is 3. The van der Waals surface area contributed by atoms with Crippen LogP contribution in [0.15, 0.2) is 0 Å². The number of methoxy groups -OCH3 is 1. The molecule has 1 fully saturated rings. The summed E-state index contributed by atoms with van der Waals surface area (Å²) in [7, 11) is 3.66. The molecule has 0 saturated carbocycles. The molecule has 2 aliphatic heterocycles. The highest BCUT2D eigenvalue weighted by molar-refractivity contribution is 5.69. The number of nitrogen functional groups attached to an aromatic ring is 1. The maximum atomic E-state index is 5.94. The molecule has 4 N–H and O–H groups in total. The van der Waals surface area contributed by atoms with E-state index in [-0.39, 0.29) is 18.1 Å². The smallest absolute Gasteiger partial charge is 0.224 e. The van der Waals surface area contributed by atoms with E-state index in [1.165, 1.54) is 0 Å². The monoisotopic (exact) mass is 308 g/mol. The normalized spacial score (nSPS) is 25.3. The quantitative estimate of drug-likeness (QED) is 0.719. The van der Waals surface area contributed by atoms with Gasteiger partial charge in [0.25, 0.3) is 0 Å². The van der Waals surface area contributed by atoms with E-state index < -0.39 is 0 Å². The van der Waals surface area contributed by atoms with E-state index in [2.05, 4.69) is 25.5 Å². The van der Waals surface area contributed by atoms with Crippen LogP contribution in [0, 0.1) is 0 Å².